The Kier molecular flexibility index (Phi) is 3.92. The van der Waals surface area contributed by atoms with E-state index in [4.69, 9.17) is 0 Å². The Morgan fingerprint density at radius 3 is 2.62 bits per heavy atom. The van der Waals surface area contributed by atoms with Gasteiger partial charge in [-0.3, -0.25) is 0 Å². The van der Waals surface area contributed by atoms with Crippen LogP contribution >= 0.6 is 0 Å². The Morgan fingerprint density at radius 1 is 1.14 bits per heavy atom. The van der Waals surface area contributed by atoms with Crippen molar-refractivity contribution in [2.24, 2.45) is 0 Å². The van der Waals surface area contributed by atoms with Gasteiger partial charge in [-0.05, 0) is 18.6 Å². The lowest BCUT2D eigenvalue weighted by Gasteiger charge is -2.20. The lowest BCUT2D eigenvalue weighted by molar-refractivity contribution is 0.583. The van der Waals surface area contributed by atoms with Crippen LogP contribution in [0.4, 0.5) is 8.78 Å². The monoisotopic (exact) mass is 289 g/mol. The number of benzene rings is 1. The van der Waals surface area contributed by atoms with Gasteiger partial charge in [-0.2, -0.15) is 0 Å². The maximum atomic E-state index is 13.4. The van der Waals surface area contributed by atoms with Crippen LogP contribution in [0, 0.1) is 11.6 Å². The van der Waals surface area contributed by atoms with Gasteiger partial charge in [0, 0.05) is 42.4 Å². The zero-order valence-electron chi connectivity index (χ0n) is 11.9. The van der Waals surface area contributed by atoms with Crippen LogP contribution in [0.1, 0.15) is 30.3 Å². The predicted octanol–water partition coefficient (Wildman–Crippen LogP) is 3.02. The third-order valence-corrected chi connectivity index (χ3v) is 3.63. The van der Waals surface area contributed by atoms with E-state index in [0.29, 0.717) is 11.4 Å². The molecule has 0 saturated heterocycles. The van der Waals surface area contributed by atoms with Crippen LogP contribution < -0.4 is 5.32 Å². The van der Waals surface area contributed by atoms with Gasteiger partial charge in [-0.15, -0.1) is 0 Å². The topological polar surface area (TPSA) is 37.8 Å². The van der Waals surface area contributed by atoms with Crippen molar-refractivity contribution in [3.8, 4) is 11.4 Å². The van der Waals surface area contributed by atoms with E-state index in [2.05, 4.69) is 22.2 Å². The largest absolute Gasteiger partial charge is 0.312 e. The molecule has 2 aromatic rings. The molecule has 5 heteroatoms. The minimum absolute atomic E-state index is 0.395. The number of aromatic nitrogens is 2. The average molecular weight is 289 g/mol. The highest BCUT2D eigenvalue weighted by Crippen LogP contribution is 2.23. The van der Waals surface area contributed by atoms with E-state index in [1.165, 1.54) is 12.1 Å². The maximum Gasteiger partial charge on any atom is 0.159 e. The standard InChI is InChI=1S/C16H17F2N3/c1-2-3-14-13-9-19-5-4-15(13)21-16(20-14)10-6-11(17)8-12(18)7-10/h6-8,19H,2-5,9H2,1H3. The van der Waals surface area contributed by atoms with Crippen LogP contribution in [0.5, 0.6) is 0 Å². The molecule has 0 spiro atoms. The highest BCUT2D eigenvalue weighted by molar-refractivity contribution is 5.56. The number of hydrogen-bond donors (Lipinski definition) is 1. The average Bonchev–Trinajstić information content (AvgIpc) is 2.46. The van der Waals surface area contributed by atoms with Crippen molar-refractivity contribution in [3.63, 3.8) is 0 Å². The number of hydrogen-bond acceptors (Lipinski definition) is 3. The number of nitrogens with zero attached hydrogens (tertiary/aromatic N) is 2. The van der Waals surface area contributed by atoms with Crippen LogP contribution in [-0.2, 0) is 19.4 Å². The Hall–Kier alpha value is -1.88. The van der Waals surface area contributed by atoms with Gasteiger partial charge < -0.3 is 5.32 Å². The van der Waals surface area contributed by atoms with Crippen molar-refractivity contribution in [3.05, 3.63) is 46.8 Å². The first-order chi connectivity index (χ1) is 10.2. The second kappa shape index (κ2) is 5.85. The van der Waals surface area contributed by atoms with Gasteiger partial charge >= 0.3 is 0 Å². The molecule has 1 N–H and O–H groups in total. The van der Waals surface area contributed by atoms with E-state index in [0.717, 1.165) is 55.4 Å². The van der Waals surface area contributed by atoms with E-state index in [1.807, 2.05) is 0 Å². The molecule has 0 amide bonds. The molecule has 3 nitrogen and oxygen atoms in total. The van der Waals surface area contributed by atoms with Crippen molar-refractivity contribution < 1.29 is 8.78 Å². The molecular weight excluding hydrogens is 272 g/mol. The quantitative estimate of drug-likeness (QED) is 0.944. The van der Waals surface area contributed by atoms with Crippen LogP contribution in [0.25, 0.3) is 11.4 Å². The zero-order chi connectivity index (χ0) is 14.8. The molecule has 0 saturated carbocycles. The molecule has 1 aromatic carbocycles. The van der Waals surface area contributed by atoms with Gasteiger partial charge in [-0.1, -0.05) is 13.3 Å². The Bertz CT molecular complexity index is 651. The van der Waals surface area contributed by atoms with Crippen LogP contribution in [-0.4, -0.2) is 16.5 Å². The van der Waals surface area contributed by atoms with Crippen molar-refractivity contribution in [1.82, 2.24) is 15.3 Å². The minimum atomic E-state index is -0.606. The number of nitrogens with one attached hydrogen (secondary N) is 1. The molecule has 3 rings (SSSR count). The van der Waals surface area contributed by atoms with Crippen molar-refractivity contribution >= 4 is 0 Å². The van der Waals surface area contributed by atoms with E-state index in [-0.39, 0.29) is 0 Å². The van der Waals surface area contributed by atoms with Crippen molar-refractivity contribution in [1.29, 1.82) is 0 Å². The fraction of sp³-hybridized carbons (Fsp3) is 0.375. The van der Waals surface area contributed by atoms with Crippen molar-refractivity contribution in [2.45, 2.75) is 32.7 Å². The second-order valence-electron chi connectivity index (χ2n) is 5.25. The maximum absolute atomic E-state index is 13.4. The summed E-state index contributed by atoms with van der Waals surface area (Å²) in [6.07, 6.45) is 2.64. The molecule has 0 atom stereocenters. The predicted molar refractivity (Wildman–Crippen MR) is 76.8 cm³/mol. The van der Waals surface area contributed by atoms with Gasteiger partial charge in [0.05, 0.1) is 5.69 Å². The van der Waals surface area contributed by atoms with E-state index < -0.39 is 11.6 Å². The van der Waals surface area contributed by atoms with E-state index in [1.54, 1.807) is 0 Å². The molecular formula is C16H17F2N3. The summed E-state index contributed by atoms with van der Waals surface area (Å²) in [7, 11) is 0. The van der Waals surface area contributed by atoms with Crippen molar-refractivity contribution in [2.75, 3.05) is 6.54 Å². The second-order valence-corrected chi connectivity index (χ2v) is 5.25. The fourth-order valence-corrected chi connectivity index (χ4v) is 2.67. The summed E-state index contributed by atoms with van der Waals surface area (Å²) in [6.45, 7) is 3.72. The molecule has 1 aromatic heterocycles. The molecule has 0 radical (unpaired) electrons. The van der Waals surface area contributed by atoms with Crippen LogP contribution in [0.2, 0.25) is 0 Å². The molecule has 1 aliphatic rings. The third-order valence-electron chi connectivity index (χ3n) is 3.63. The molecule has 21 heavy (non-hydrogen) atoms. The third kappa shape index (κ3) is 2.93. The summed E-state index contributed by atoms with van der Waals surface area (Å²) in [5, 5.41) is 3.32. The summed E-state index contributed by atoms with van der Waals surface area (Å²) < 4.78 is 26.8. The Morgan fingerprint density at radius 2 is 1.90 bits per heavy atom. The lowest BCUT2D eigenvalue weighted by Crippen LogP contribution is -2.26. The summed E-state index contributed by atoms with van der Waals surface area (Å²) in [6, 6.07) is 3.42. The number of rotatable bonds is 3. The normalized spacial score (nSPS) is 14.0. The Balaban J connectivity index is 2.12. The minimum Gasteiger partial charge on any atom is -0.312 e. The molecule has 0 aliphatic carbocycles. The molecule has 0 bridgehead atoms. The first-order valence-corrected chi connectivity index (χ1v) is 7.23. The molecule has 1 aliphatic heterocycles. The SMILES string of the molecule is CCCc1nc(-c2cc(F)cc(F)c2)nc2c1CNCC2. The lowest BCUT2D eigenvalue weighted by atomic mass is 10.0. The summed E-state index contributed by atoms with van der Waals surface area (Å²) in [4.78, 5) is 9.07. The van der Waals surface area contributed by atoms with Gasteiger partial charge in [0.25, 0.3) is 0 Å². The number of halogens is 2. The van der Waals surface area contributed by atoms with Crippen LogP contribution in [0.3, 0.4) is 0 Å². The first-order valence-electron chi connectivity index (χ1n) is 7.23. The van der Waals surface area contributed by atoms with Gasteiger partial charge in [-0.25, -0.2) is 18.7 Å². The highest BCUT2D eigenvalue weighted by Gasteiger charge is 2.18. The smallest absolute Gasteiger partial charge is 0.159 e. The van der Waals surface area contributed by atoms with Gasteiger partial charge in [0.15, 0.2) is 5.82 Å². The van der Waals surface area contributed by atoms with Gasteiger partial charge in [0.2, 0.25) is 0 Å². The summed E-state index contributed by atoms with van der Waals surface area (Å²) in [5.74, 6) is -0.799. The molecule has 0 unspecified atom stereocenters. The number of aryl methyl sites for hydroxylation is 1. The molecule has 110 valence electrons. The molecule has 2 heterocycles. The summed E-state index contributed by atoms with van der Waals surface area (Å²) in [5.41, 5.74) is 3.51. The van der Waals surface area contributed by atoms with Gasteiger partial charge in [0.1, 0.15) is 11.6 Å². The number of fused-ring (bicyclic) bond motifs is 1. The summed E-state index contributed by atoms with van der Waals surface area (Å²) >= 11 is 0. The first kappa shape index (κ1) is 14.1. The fourth-order valence-electron chi connectivity index (χ4n) is 2.67. The van der Waals surface area contributed by atoms with Crippen LogP contribution in [0.15, 0.2) is 18.2 Å². The molecule has 0 fully saturated rings. The Labute approximate surface area is 122 Å². The highest BCUT2D eigenvalue weighted by atomic mass is 19.1. The van der Waals surface area contributed by atoms with E-state index in [9.17, 15) is 8.78 Å². The van der Waals surface area contributed by atoms with E-state index >= 15 is 0 Å². The zero-order valence-corrected chi connectivity index (χ0v) is 11.9.